The number of rotatable bonds is 4. The topological polar surface area (TPSA) is 96.5 Å². The summed E-state index contributed by atoms with van der Waals surface area (Å²) in [5, 5.41) is 10.1. The quantitative estimate of drug-likeness (QED) is 0.817. The molecule has 0 unspecified atom stereocenters. The van der Waals surface area contributed by atoms with Crippen LogP contribution in [0.25, 0.3) is 0 Å². The SMILES string of the molecule is Cc1ccnc(CC(=O)N(C)[C@@H]2CC[C@@H](C(N)=O)[C@@H]2O)c1. The third kappa shape index (κ3) is 3.39. The van der Waals surface area contributed by atoms with Crippen LogP contribution in [-0.2, 0) is 16.0 Å². The molecule has 0 bridgehead atoms. The lowest BCUT2D eigenvalue weighted by Crippen LogP contribution is -2.45. The summed E-state index contributed by atoms with van der Waals surface area (Å²) in [6.07, 6.45) is 2.07. The van der Waals surface area contributed by atoms with E-state index in [0.29, 0.717) is 18.5 Å². The number of primary amides is 1. The molecule has 1 aromatic heterocycles. The maximum absolute atomic E-state index is 12.3. The van der Waals surface area contributed by atoms with Gasteiger partial charge in [0.05, 0.1) is 24.5 Å². The molecule has 0 radical (unpaired) electrons. The molecule has 21 heavy (non-hydrogen) atoms. The van der Waals surface area contributed by atoms with Crippen LogP contribution in [-0.4, -0.2) is 46.0 Å². The zero-order valence-corrected chi connectivity index (χ0v) is 12.3. The summed E-state index contributed by atoms with van der Waals surface area (Å²) in [5.74, 6) is -1.20. The molecule has 3 N–H and O–H groups in total. The van der Waals surface area contributed by atoms with Crippen LogP contribution in [0.2, 0.25) is 0 Å². The summed E-state index contributed by atoms with van der Waals surface area (Å²) in [6, 6.07) is 3.37. The van der Waals surface area contributed by atoms with Gasteiger partial charge in [-0.2, -0.15) is 0 Å². The van der Waals surface area contributed by atoms with Crippen molar-refractivity contribution >= 4 is 11.8 Å². The monoisotopic (exact) mass is 291 g/mol. The summed E-state index contributed by atoms with van der Waals surface area (Å²) in [7, 11) is 1.65. The Morgan fingerprint density at radius 2 is 2.19 bits per heavy atom. The number of aliphatic hydroxyl groups is 1. The predicted molar refractivity (Wildman–Crippen MR) is 77.2 cm³/mol. The molecule has 1 saturated carbocycles. The zero-order valence-electron chi connectivity index (χ0n) is 12.3. The molecule has 0 saturated heterocycles. The molecular weight excluding hydrogens is 270 g/mol. The van der Waals surface area contributed by atoms with E-state index in [1.165, 1.54) is 4.90 Å². The summed E-state index contributed by atoms with van der Waals surface area (Å²) in [5.41, 5.74) is 7.00. The van der Waals surface area contributed by atoms with E-state index < -0.39 is 17.9 Å². The lowest BCUT2D eigenvalue weighted by molar-refractivity contribution is -0.135. The van der Waals surface area contributed by atoms with Gasteiger partial charge in [-0.25, -0.2) is 0 Å². The molecule has 1 aliphatic rings. The minimum absolute atomic E-state index is 0.123. The van der Waals surface area contributed by atoms with Gasteiger partial charge in [-0.3, -0.25) is 14.6 Å². The van der Waals surface area contributed by atoms with E-state index in [0.717, 1.165) is 5.56 Å². The van der Waals surface area contributed by atoms with Crippen molar-refractivity contribution in [3.63, 3.8) is 0 Å². The Morgan fingerprint density at radius 1 is 1.48 bits per heavy atom. The number of hydrogen-bond acceptors (Lipinski definition) is 4. The molecule has 6 heteroatoms. The zero-order chi connectivity index (χ0) is 15.6. The van der Waals surface area contributed by atoms with Crippen molar-refractivity contribution in [2.75, 3.05) is 7.05 Å². The fourth-order valence-electron chi connectivity index (χ4n) is 2.85. The highest BCUT2D eigenvalue weighted by atomic mass is 16.3. The number of amides is 2. The van der Waals surface area contributed by atoms with Gasteiger partial charge in [0.15, 0.2) is 0 Å². The average Bonchev–Trinajstić information content (AvgIpc) is 2.79. The van der Waals surface area contributed by atoms with Crippen LogP contribution in [0, 0.1) is 12.8 Å². The highest BCUT2D eigenvalue weighted by Gasteiger charge is 2.41. The first kappa shape index (κ1) is 15.4. The molecule has 0 aliphatic heterocycles. The van der Waals surface area contributed by atoms with E-state index >= 15 is 0 Å². The molecule has 0 aromatic carbocycles. The molecule has 6 nitrogen and oxygen atoms in total. The number of nitrogens with zero attached hydrogens (tertiary/aromatic N) is 2. The number of aryl methyl sites for hydroxylation is 1. The van der Waals surface area contributed by atoms with Crippen molar-refractivity contribution in [1.82, 2.24) is 9.88 Å². The second-order valence-corrected chi connectivity index (χ2v) is 5.65. The van der Waals surface area contributed by atoms with Gasteiger partial charge in [0, 0.05) is 18.9 Å². The molecule has 1 heterocycles. The first-order valence-corrected chi connectivity index (χ1v) is 7.04. The van der Waals surface area contributed by atoms with Gasteiger partial charge in [-0.1, -0.05) is 0 Å². The van der Waals surface area contributed by atoms with Crippen LogP contribution in [0.15, 0.2) is 18.3 Å². The van der Waals surface area contributed by atoms with Crippen molar-refractivity contribution in [1.29, 1.82) is 0 Å². The van der Waals surface area contributed by atoms with Crippen LogP contribution >= 0.6 is 0 Å². The molecule has 1 aromatic rings. The van der Waals surface area contributed by atoms with Crippen molar-refractivity contribution in [2.24, 2.45) is 11.7 Å². The largest absolute Gasteiger partial charge is 0.390 e. The highest BCUT2D eigenvalue weighted by molar-refractivity contribution is 5.80. The Labute approximate surface area is 124 Å². The Bertz CT molecular complexity index is 547. The van der Waals surface area contributed by atoms with Gasteiger partial charge in [0.2, 0.25) is 11.8 Å². The Kier molecular flexibility index (Phi) is 4.57. The molecule has 2 rings (SSSR count). The second kappa shape index (κ2) is 6.22. The number of carbonyl (C=O) groups excluding carboxylic acids is 2. The fourth-order valence-corrected chi connectivity index (χ4v) is 2.85. The molecule has 1 aliphatic carbocycles. The van der Waals surface area contributed by atoms with Gasteiger partial charge in [-0.15, -0.1) is 0 Å². The number of nitrogens with two attached hydrogens (primary N) is 1. The number of hydrogen-bond donors (Lipinski definition) is 2. The van der Waals surface area contributed by atoms with E-state index in [9.17, 15) is 14.7 Å². The van der Waals surface area contributed by atoms with E-state index in [1.807, 2.05) is 19.1 Å². The normalized spacial score (nSPS) is 24.8. The molecule has 114 valence electrons. The maximum Gasteiger partial charge on any atom is 0.228 e. The lowest BCUT2D eigenvalue weighted by Gasteiger charge is -2.28. The van der Waals surface area contributed by atoms with Gasteiger partial charge in [-0.05, 0) is 37.5 Å². The van der Waals surface area contributed by atoms with E-state index in [2.05, 4.69) is 4.98 Å². The Morgan fingerprint density at radius 3 is 2.76 bits per heavy atom. The highest BCUT2D eigenvalue weighted by Crippen LogP contribution is 2.29. The van der Waals surface area contributed by atoms with Crippen LogP contribution in [0.1, 0.15) is 24.1 Å². The number of aliphatic hydroxyl groups excluding tert-OH is 1. The number of pyridine rings is 1. The van der Waals surface area contributed by atoms with E-state index in [4.69, 9.17) is 5.73 Å². The smallest absolute Gasteiger partial charge is 0.228 e. The molecule has 2 amide bonds. The number of aromatic nitrogens is 1. The minimum atomic E-state index is -0.887. The predicted octanol–water partition coefficient (Wildman–Crippen LogP) is 0.0157. The van der Waals surface area contributed by atoms with Crippen LogP contribution in [0.5, 0.6) is 0 Å². The lowest BCUT2D eigenvalue weighted by atomic mass is 10.0. The van der Waals surface area contributed by atoms with Crippen molar-refractivity contribution in [3.05, 3.63) is 29.6 Å². The van der Waals surface area contributed by atoms with Gasteiger partial charge < -0.3 is 15.7 Å². The number of likely N-dealkylation sites (N-methyl/N-ethyl adjacent to an activating group) is 1. The average molecular weight is 291 g/mol. The van der Waals surface area contributed by atoms with E-state index in [-0.39, 0.29) is 18.4 Å². The maximum atomic E-state index is 12.3. The minimum Gasteiger partial charge on any atom is -0.390 e. The van der Waals surface area contributed by atoms with Crippen molar-refractivity contribution in [3.8, 4) is 0 Å². The fraction of sp³-hybridized carbons (Fsp3) is 0.533. The Balaban J connectivity index is 2.01. The van der Waals surface area contributed by atoms with Crippen LogP contribution in [0.4, 0.5) is 0 Å². The van der Waals surface area contributed by atoms with Gasteiger partial charge in [0.25, 0.3) is 0 Å². The second-order valence-electron chi connectivity index (χ2n) is 5.65. The summed E-state index contributed by atoms with van der Waals surface area (Å²) >= 11 is 0. The third-order valence-electron chi connectivity index (χ3n) is 4.14. The molecule has 1 fully saturated rings. The summed E-state index contributed by atoms with van der Waals surface area (Å²) in [6.45, 7) is 1.94. The van der Waals surface area contributed by atoms with Crippen LogP contribution < -0.4 is 5.73 Å². The Hall–Kier alpha value is -1.95. The number of carbonyl (C=O) groups is 2. The van der Waals surface area contributed by atoms with Crippen molar-refractivity contribution in [2.45, 2.75) is 38.3 Å². The molecule has 0 spiro atoms. The standard InChI is InChI=1S/C15H21N3O3/c1-9-5-6-17-10(7-9)8-13(19)18(2)12-4-3-11(14(12)20)15(16)21/h5-7,11-12,14,20H,3-4,8H2,1-2H3,(H2,16,21)/t11-,12-,14+/m1/s1. The first-order valence-electron chi connectivity index (χ1n) is 7.04. The van der Waals surface area contributed by atoms with Crippen LogP contribution in [0.3, 0.4) is 0 Å². The third-order valence-corrected chi connectivity index (χ3v) is 4.14. The van der Waals surface area contributed by atoms with E-state index in [1.54, 1.807) is 13.2 Å². The molecule has 3 atom stereocenters. The summed E-state index contributed by atoms with van der Waals surface area (Å²) in [4.78, 5) is 29.2. The van der Waals surface area contributed by atoms with Crippen molar-refractivity contribution < 1.29 is 14.7 Å². The van der Waals surface area contributed by atoms with Gasteiger partial charge in [0.1, 0.15) is 0 Å². The van der Waals surface area contributed by atoms with Gasteiger partial charge >= 0.3 is 0 Å². The first-order chi connectivity index (χ1) is 9.90. The summed E-state index contributed by atoms with van der Waals surface area (Å²) < 4.78 is 0. The molecular formula is C15H21N3O3.